The number of halogens is 1. The molecule has 0 saturated carbocycles. The summed E-state index contributed by atoms with van der Waals surface area (Å²) in [6, 6.07) is 0. The van der Waals surface area contributed by atoms with E-state index in [4.69, 9.17) is 4.74 Å². The highest BCUT2D eigenvalue weighted by Gasteiger charge is 2.25. The van der Waals surface area contributed by atoms with Gasteiger partial charge in [-0.3, -0.25) is 9.89 Å². The Kier molecular flexibility index (Phi) is 14.0. The van der Waals surface area contributed by atoms with Gasteiger partial charge in [0.2, 0.25) is 0 Å². The van der Waals surface area contributed by atoms with E-state index in [1.54, 1.807) is 0 Å². The van der Waals surface area contributed by atoms with Gasteiger partial charge in [-0.15, -0.1) is 24.0 Å². The van der Waals surface area contributed by atoms with Crippen LogP contribution in [0.15, 0.2) is 4.99 Å². The summed E-state index contributed by atoms with van der Waals surface area (Å²) in [6.07, 6.45) is 4.93. The van der Waals surface area contributed by atoms with Crippen molar-refractivity contribution < 1.29 is 9.84 Å². The van der Waals surface area contributed by atoms with E-state index in [0.717, 1.165) is 51.8 Å². The lowest BCUT2D eigenvalue weighted by Gasteiger charge is -2.33. The first kappa shape index (κ1) is 23.9. The van der Waals surface area contributed by atoms with Gasteiger partial charge in [0.05, 0.1) is 25.4 Å². The Morgan fingerprint density at radius 2 is 1.88 bits per heavy atom. The number of aliphatic hydroxyl groups is 1. The van der Waals surface area contributed by atoms with Crippen LogP contribution in [-0.4, -0.2) is 74.0 Å². The second-order valence-corrected chi connectivity index (χ2v) is 6.57. The Bertz CT molecular complexity index is 335. The lowest BCUT2D eigenvalue weighted by molar-refractivity contribution is -0.0179. The maximum Gasteiger partial charge on any atom is 0.191 e. The molecule has 0 radical (unpaired) electrons. The highest BCUT2D eigenvalue weighted by molar-refractivity contribution is 14.0. The minimum Gasteiger partial charge on any atom is -0.387 e. The molecule has 0 amide bonds. The molecule has 1 unspecified atom stereocenters. The first-order valence-electron chi connectivity index (χ1n) is 9.12. The number of unbranched alkanes of at least 4 members (excludes halogenated alkanes) is 3. The molecule has 24 heavy (non-hydrogen) atoms. The van der Waals surface area contributed by atoms with Crippen LogP contribution < -0.4 is 10.6 Å². The second kappa shape index (κ2) is 14.1. The molecule has 6 nitrogen and oxygen atoms in total. The molecule has 0 aromatic carbocycles. The first-order valence-corrected chi connectivity index (χ1v) is 9.12. The zero-order valence-electron chi connectivity index (χ0n) is 15.6. The van der Waals surface area contributed by atoms with Gasteiger partial charge >= 0.3 is 0 Å². The van der Waals surface area contributed by atoms with Gasteiger partial charge in [0.25, 0.3) is 0 Å². The number of morpholine rings is 1. The highest BCUT2D eigenvalue weighted by atomic mass is 127. The molecule has 1 heterocycles. The normalized spacial score (nSPS) is 18.6. The molecule has 1 aliphatic heterocycles. The third kappa shape index (κ3) is 11.4. The molecule has 1 saturated heterocycles. The van der Waals surface area contributed by atoms with Gasteiger partial charge in [-0.25, -0.2) is 0 Å². The van der Waals surface area contributed by atoms with Crippen molar-refractivity contribution in [3.63, 3.8) is 0 Å². The third-order valence-corrected chi connectivity index (χ3v) is 3.91. The molecule has 1 fully saturated rings. The molecular formula is C17H37IN4O2. The van der Waals surface area contributed by atoms with Gasteiger partial charge in [-0.1, -0.05) is 26.2 Å². The molecule has 0 aliphatic carbocycles. The van der Waals surface area contributed by atoms with E-state index in [0.29, 0.717) is 13.1 Å². The summed E-state index contributed by atoms with van der Waals surface area (Å²) in [5.74, 6) is 0.797. The third-order valence-electron chi connectivity index (χ3n) is 3.91. The molecule has 0 bridgehead atoms. The topological polar surface area (TPSA) is 69.1 Å². The molecular weight excluding hydrogens is 419 g/mol. The first-order chi connectivity index (χ1) is 11.1. The van der Waals surface area contributed by atoms with E-state index in [-0.39, 0.29) is 24.0 Å². The number of nitrogens with zero attached hydrogens (tertiary/aromatic N) is 2. The predicted octanol–water partition coefficient (Wildman–Crippen LogP) is 1.82. The SMILES string of the molecule is CCCCCCNC(=NCC(C)(O)CN1CCOCC1)NCC.I. The Hall–Kier alpha value is -0.120. The number of rotatable bonds is 10. The monoisotopic (exact) mass is 456 g/mol. The van der Waals surface area contributed by atoms with Crippen LogP contribution in [0.5, 0.6) is 0 Å². The molecule has 0 spiro atoms. The lowest BCUT2D eigenvalue weighted by Crippen LogP contribution is -2.48. The predicted molar refractivity (Wildman–Crippen MR) is 111 cm³/mol. The molecule has 1 aliphatic rings. The fourth-order valence-corrected chi connectivity index (χ4v) is 2.64. The van der Waals surface area contributed by atoms with Crippen molar-refractivity contribution in [2.45, 2.75) is 52.1 Å². The maximum absolute atomic E-state index is 10.6. The van der Waals surface area contributed by atoms with Crippen molar-refractivity contribution in [2.75, 3.05) is 52.5 Å². The van der Waals surface area contributed by atoms with E-state index < -0.39 is 5.60 Å². The largest absolute Gasteiger partial charge is 0.387 e. The Morgan fingerprint density at radius 1 is 1.17 bits per heavy atom. The molecule has 0 aromatic heterocycles. The fraction of sp³-hybridized carbons (Fsp3) is 0.941. The summed E-state index contributed by atoms with van der Waals surface area (Å²) in [7, 11) is 0. The van der Waals surface area contributed by atoms with Crippen LogP contribution in [0.1, 0.15) is 46.5 Å². The van der Waals surface area contributed by atoms with Crippen molar-refractivity contribution in [1.82, 2.24) is 15.5 Å². The standard InChI is InChI=1S/C17H36N4O2.HI/c1-4-6-7-8-9-19-16(18-5-2)20-14-17(3,22)15-21-10-12-23-13-11-21;/h22H,4-15H2,1-3H3,(H2,18,19,20);1H. The van der Waals surface area contributed by atoms with Crippen molar-refractivity contribution in [1.29, 1.82) is 0 Å². The summed E-state index contributed by atoms with van der Waals surface area (Å²) in [5.41, 5.74) is -0.818. The lowest BCUT2D eigenvalue weighted by atomic mass is 10.1. The highest BCUT2D eigenvalue weighted by Crippen LogP contribution is 2.09. The van der Waals surface area contributed by atoms with Crippen LogP contribution in [0, 0.1) is 0 Å². The zero-order valence-corrected chi connectivity index (χ0v) is 18.0. The van der Waals surface area contributed by atoms with Gasteiger partial charge in [0.1, 0.15) is 0 Å². The van der Waals surface area contributed by atoms with Crippen LogP contribution in [0.4, 0.5) is 0 Å². The average molecular weight is 456 g/mol. The second-order valence-electron chi connectivity index (χ2n) is 6.57. The van der Waals surface area contributed by atoms with Gasteiger partial charge in [-0.2, -0.15) is 0 Å². The van der Waals surface area contributed by atoms with E-state index in [9.17, 15) is 5.11 Å². The number of hydrogen-bond acceptors (Lipinski definition) is 4. The number of β-amino-alcohol motifs (C(OH)–C–C–N with tert-alkyl or cyclic N) is 1. The summed E-state index contributed by atoms with van der Waals surface area (Å²) >= 11 is 0. The van der Waals surface area contributed by atoms with Crippen molar-refractivity contribution in [2.24, 2.45) is 4.99 Å². The maximum atomic E-state index is 10.6. The summed E-state index contributed by atoms with van der Waals surface area (Å²) in [6.45, 7) is 12.2. The molecule has 7 heteroatoms. The van der Waals surface area contributed by atoms with Gasteiger partial charge in [0, 0.05) is 32.7 Å². The number of aliphatic imine (C=N–C) groups is 1. The van der Waals surface area contributed by atoms with E-state index in [2.05, 4.69) is 34.4 Å². The van der Waals surface area contributed by atoms with Crippen LogP contribution in [0.2, 0.25) is 0 Å². The molecule has 144 valence electrons. The molecule has 1 rings (SSSR count). The van der Waals surface area contributed by atoms with Crippen LogP contribution in [-0.2, 0) is 4.74 Å². The average Bonchev–Trinajstić information content (AvgIpc) is 2.53. The van der Waals surface area contributed by atoms with Gasteiger partial charge in [-0.05, 0) is 20.3 Å². The summed E-state index contributed by atoms with van der Waals surface area (Å²) in [4.78, 5) is 6.80. The minimum atomic E-state index is -0.818. The fourth-order valence-electron chi connectivity index (χ4n) is 2.64. The molecule has 3 N–H and O–H groups in total. The molecule has 0 aromatic rings. The Balaban J connectivity index is 0.00000529. The van der Waals surface area contributed by atoms with E-state index >= 15 is 0 Å². The Labute approximate surface area is 164 Å². The van der Waals surface area contributed by atoms with Crippen LogP contribution in [0.3, 0.4) is 0 Å². The minimum absolute atomic E-state index is 0. The van der Waals surface area contributed by atoms with Crippen molar-refractivity contribution >= 4 is 29.9 Å². The number of guanidine groups is 1. The smallest absolute Gasteiger partial charge is 0.191 e. The number of hydrogen-bond donors (Lipinski definition) is 3. The van der Waals surface area contributed by atoms with Crippen molar-refractivity contribution in [3.8, 4) is 0 Å². The quantitative estimate of drug-likeness (QED) is 0.203. The summed E-state index contributed by atoms with van der Waals surface area (Å²) < 4.78 is 5.35. The number of ether oxygens (including phenoxy) is 1. The summed E-state index contributed by atoms with van der Waals surface area (Å²) in [5, 5.41) is 17.2. The van der Waals surface area contributed by atoms with E-state index in [1.807, 2.05) is 6.92 Å². The van der Waals surface area contributed by atoms with Crippen LogP contribution >= 0.6 is 24.0 Å². The van der Waals surface area contributed by atoms with Crippen LogP contribution in [0.25, 0.3) is 0 Å². The molecule has 1 atom stereocenters. The zero-order chi connectivity index (χ0) is 17.0. The van der Waals surface area contributed by atoms with Gasteiger partial charge in [0.15, 0.2) is 5.96 Å². The van der Waals surface area contributed by atoms with E-state index in [1.165, 1.54) is 19.3 Å². The van der Waals surface area contributed by atoms with Gasteiger partial charge < -0.3 is 20.5 Å². The van der Waals surface area contributed by atoms with Crippen molar-refractivity contribution in [3.05, 3.63) is 0 Å². The Morgan fingerprint density at radius 3 is 2.50 bits per heavy atom. The number of nitrogens with one attached hydrogen (secondary N) is 2.